The molecule has 2 aromatic carbocycles. The molecule has 2 aromatic rings. The molecule has 8 heteroatoms. The minimum atomic E-state index is -0.770. The molecule has 0 radical (unpaired) electrons. The number of piperidine rings is 1. The molecule has 1 amide bonds. The molecule has 0 aromatic heterocycles. The first-order valence-electron chi connectivity index (χ1n) is 9.95. The van der Waals surface area contributed by atoms with E-state index in [1.807, 2.05) is 30.3 Å². The molecule has 0 bridgehead atoms. The molecule has 158 valence electrons. The van der Waals surface area contributed by atoms with E-state index in [1.54, 1.807) is 4.90 Å². The van der Waals surface area contributed by atoms with Crippen LogP contribution >= 0.6 is 0 Å². The number of rotatable bonds is 7. The highest BCUT2D eigenvalue weighted by Gasteiger charge is 2.23. The van der Waals surface area contributed by atoms with Gasteiger partial charge in [0.25, 0.3) is 11.6 Å². The summed E-state index contributed by atoms with van der Waals surface area (Å²) < 4.78 is 5.20. The highest BCUT2D eigenvalue weighted by Crippen LogP contribution is 2.24. The van der Waals surface area contributed by atoms with Crippen molar-refractivity contribution in [3.8, 4) is 0 Å². The van der Waals surface area contributed by atoms with Gasteiger partial charge in [0.2, 0.25) is 0 Å². The Bertz CT molecular complexity index is 908. The predicted octanol–water partition coefficient (Wildman–Crippen LogP) is 3.62. The van der Waals surface area contributed by atoms with Gasteiger partial charge in [-0.3, -0.25) is 14.9 Å². The van der Waals surface area contributed by atoms with Crippen molar-refractivity contribution < 1.29 is 19.2 Å². The molecule has 1 aliphatic rings. The number of amides is 1. The molecule has 1 aliphatic heterocycles. The maximum Gasteiger partial charge on any atom is 0.341 e. The Labute approximate surface area is 175 Å². The Hall–Kier alpha value is -3.42. The van der Waals surface area contributed by atoms with Crippen molar-refractivity contribution >= 4 is 23.3 Å². The third-order valence-corrected chi connectivity index (χ3v) is 5.22. The van der Waals surface area contributed by atoms with Gasteiger partial charge in [-0.25, -0.2) is 4.79 Å². The lowest BCUT2D eigenvalue weighted by atomic mass is 9.99. The zero-order valence-corrected chi connectivity index (χ0v) is 16.9. The molecule has 3 rings (SSSR count). The number of carbonyl (C=O) groups is 2. The summed E-state index contributed by atoms with van der Waals surface area (Å²) in [6, 6.07) is 13.5. The summed E-state index contributed by atoms with van der Waals surface area (Å²) in [5.74, 6) is -0.438. The molecular formula is C22H25N3O5. The van der Waals surface area contributed by atoms with E-state index in [2.05, 4.69) is 12.2 Å². The Balaban J connectivity index is 1.68. The van der Waals surface area contributed by atoms with Gasteiger partial charge >= 0.3 is 5.97 Å². The van der Waals surface area contributed by atoms with Gasteiger partial charge in [0.05, 0.1) is 10.5 Å². The van der Waals surface area contributed by atoms with E-state index in [9.17, 15) is 19.7 Å². The van der Waals surface area contributed by atoms with Crippen LogP contribution < -0.4 is 5.32 Å². The molecule has 0 aliphatic carbocycles. The number of nitro groups is 1. The minimum absolute atomic E-state index is 0.0280. The lowest BCUT2D eigenvalue weighted by molar-refractivity contribution is -0.384. The van der Waals surface area contributed by atoms with E-state index < -0.39 is 10.9 Å². The highest BCUT2D eigenvalue weighted by atomic mass is 16.6. The van der Waals surface area contributed by atoms with Gasteiger partial charge in [-0.2, -0.15) is 0 Å². The van der Waals surface area contributed by atoms with Gasteiger partial charge in [0, 0.05) is 37.5 Å². The molecule has 1 fully saturated rings. The first-order chi connectivity index (χ1) is 14.4. The third-order valence-electron chi connectivity index (χ3n) is 5.22. The van der Waals surface area contributed by atoms with Gasteiger partial charge in [-0.1, -0.05) is 37.3 Å². The van der Waals surface area contributed by atoms with Crippen molar-refractivity contribution in [1.82, 2.24) is 4.90 Å². The monoisotopic (exact) mass is 411 g/mol. The van der Waals surface area contributed by atoms with E-state index >= 15 is 0 Å². The first kappa shape index (κ1) is 21.3. The third kappa shape index (κ3) is 5.56. The van der Waals surface area contributed by atoms with Gasteiger partial charge in [-0.15, -0.1) is 0 Å². The summed E-state index contributed by atoms with van der Waals surface area (Å²) in [6.07, 6.45) is 1.86. The van der Waals surface area contributed by atoms with E-state index in [0.29, 0.717) is 31.2 Å². The van der Waals surface area contributed by atoms with Crippen LogP contribution in [0, 0.1) is 16.0 Å². The van der Waals surface area contributed by atoms with E-state index in [0.717, 1.165) is 18.4 Å². The van der Waals surface area contributed by atoms with Crippen molar-refractivity contribution in [2.24, 2.45) is 5.92 Å². The summed E-state index contributed by atoms with van der Waals surface area (Å²) in [6.45, 7) is 3.50. The Kier molecular flexibility index (Phi) is 7.00. The van der Waals surface area contributed by atoms with E-state index in [1.165, 1.54) is 18.2 Å². The predicted molar refractivity (Wildman–Crippen MR) is 112 cm³/mol. The number of esters is 1. The number of non-ortho nitro benzene ring substituents is 1. The zero-order chi connectivity index (χ0) is 21.5. The molecule has 1 N–H and O–H groups in total. The molecule has 0 saturated carbocycles. The van der Waals surface area contributed by atoms with Crippen LogP contribution in [0.1, 0.15) is 35.7 Å². The Morgan fingerprint density at radius 3 is 2.53 bits per heavy atom. The van der Waals surface area contributed by atoms with Crippen LogP contribution in [-0.2, 0) is 16.1 Å². The van der Waals surface area contributed by atoms with Gasteiger partial charge in [0.1, 0.15) is 0 Å². The summed E-state index contributed by atoms with van der Waals surface area (Å²) in [5, 5.41) is 14.3. The fourth-order valence-electron chi connectivity index (χ4n) is 3.32. The number of likely N-dealkylation sites (tertiary alicyclic amines) is 1. The summed E-state index contributed by atoms with van der Waals surface area (Å²) in [5.41, 5.74) is 1.21. The minimum Gasteiger partial charge on any atom is -0.452 e. The second kappa shape index (κ2) is 9.87. The molecule has 0 atom stereocenters. The van der Waals surface area contributed by atoms with Crippen LogP contribution in [-0.4, -0.2) is 41.4 Å². The molecule has 8 nitrogen and oxygen atoms in total. The number of ether oxygens (including phenoxy) is 1. The largest absolute Gasteiger partial charge is 0.452 e. The first-order valence-corrected chi connectivity index (χ1v) is 9.95. The molecule has 1 heterocycles. The summed E-state index contributed by atoms with van der Waals surface area (Å²) in [4.78, 5) is 37.2. The average Bonchev–Trinajstić information content (AvgIpc) is 2.76. The van der Waals surface area contributed by atoms with Crippen molar-refractivity contribution in [3.63, 3.8) is 0 Å². The van der Waals surface area contributed by atoms with Crippen LogP contribution in [0.3, 0.4) is 0 Å². The van der Waals surface area contributed by atoms with E-state index in [-0.39, 0.29) is 23.8 Å². The van der Waals surface area contributed by atoms with Crippen molar-refractivity contribution in [2.45, 2.75) is 26.3 Å². The molecule has 0 spiro atoms. The van der Waals surface area contributed by atoms with Crippen LogP contribution in [0.25, 0.3) is 0 Å². The fraction of sp³-hybridized carbons (Fsp3) is 0.364. The normalized spacial score (nSPS) is 14.2. The molecule has 1 saturated heterocycles. The van der Waals surface area contributed by atoms with Crippen molar-refractivity contribution in [2.75, 3.05) is 25.0 Å². The topological polar surface area (TPSA) is 102 Å². The number of nitro benzene ring substituents is 1. The van der Waals surface area contributed by atoms with Crippen molar-refractivity contribution in [1.29, 1.82) is 0 Å². The smallest absolute Gasteiger partial charge is 0.341 e. The maximum absolute atomic E-state index is 12.6. The highest BCUT2D eigenvalue weighted by molar-refractivity contribution is 5.97. The maximum atomic E-state index is 12.6. The number of benzene rings is 2. The fourth-order valence-corrected chi connectivity index (χ4v) is 3.32. The standard InChI is InChI=1S/C22H25N3O5/c1-16-9-11-24(12-10-16)21(26)15-30-22(27)19-13-18(25(28)29)7-8-20(19)23-14-17-5-3-2-4-6-17/h2-8,13,16,23H,9-12,14-15H2,1H3. The number of hydrogen-bond donors (Lipinski definition) is 1. The number of anilines is 1. The van der Waals surface area contributed by atoms with Gasteiger partial charge < -0.3 is 15.0 Å². The number of nitrogens with one attached hydrogen (secondary N) is 1. The summed E-state index contributed by atoms with van der Waals surface area (Å²) in [7, 11) is 0. The number of hydrogen-bond acceptors (Lipinski definition) is 6. The van der Waals surface area contributed by atoms with Crippen LogP contribution in [0.5, 0.6) is 0 Å². The summed E-state index contributed by atoms with van der Waals surface area (Å²) >= 11 is 0. The SMILES string of the molecule is CC1CCN(C(=O)COC(=O)c2cc([N+](=O)[O-])ccc2NCc2ccccc2)CC1. The second-order valence-electron chi connectivity index (χ2n) is 7.47. The molecule has 30 heavy (non-hydrogen) atoms. The van der Waals surface area contributed by atoms with E-state index in [4.69, 9.17) is 4.74 Å². The molecular weight excluding hydrogens is 386 g/mol. The Morgan fingerprint density at radius 2 is 1.87 bits per heavy atom. The molecule has 0 unspecified atom stereocenters. The van der Waals surface area contributed by atoms with Crippen LogP contribution in [0.2, 0.25) is 0 Å². The van der Waals surface area contributed by atoms with Crippen LogP contribution in [0.15, 0.2) is 48.5 Å². The number of carbonyl (C=O) groups excluding carboxylic acids is 2. The quantitative estimate of drug-likeness (QED) is 0.424. The Morgan fingerprint density at radius 1 is 1.17 bits per heavy atom. The average molecular weight is 411 g/mol. The second-order valence-corrected chi connectivity index (χ2v) is 7.47. The zero-order valence-electron chi connectivity index (χ0n) is 16.9. The van der Waals surface area contributed by atoms with Gasteiger partial charge in [-0.05, 0) is 30.4 Å². The van der Waals surface area contributed by atoms with Gasteiger partial charge in [0.15, 0.2) is 6.61 Å². The van der Waals surface area contributed by atoms with Crippen molar-refractivity contribution in [3.05, 3.63) is 69.8 Å². The lowest BCUT2D eigenvalue weighted by Gasteiger charge is -2.30. The number of nitrogens with zero attached hydrogens (tertiary/aromatic N) is 2. The van der Waals surface area contributed by atoms with Crippen LogP contribution in [0.4, 0.5) is 11.4 Å². The lowest BCUT2D eigenvalue weighted by Crippen LogP contribution is -2.40.